The molecule has 24 heavy (non-hydrogen) atoms. The first-order chi connectivity index (χ1) is 11.6. The van der Waals surface area contributed by atoms with Gasteiger partial charge < -0.3 is 14.9 Å². The number of benzene rings is 2. The van der Waals surface area contributed by atoms with Crippen LogP contribution >= 0.6 is 15.9 Å². The van der Waals surface area contributed by atoms with Crippen LogP contribution in [0, 0.1) is 0 Å². The number of anilines is 1. The van der Waals surface area contributed by atoms with Gasteiger partial charge in [0.1, 0.15) is 0 Å². The Labute approximate surface area is 148 Å². The van der Waals surface area contributed by atoms with E-state index in [2.05, 4.69) is 67.8 Å². The van der Waals surface area contributed by atoms with E-state index in [1.54, 1.807) is 0 Å². The Kier molecular flexibility index (Phi) is 4.85. The number of aromatic nitrogens is 2. The van der Waals surface area contributed by atoms with Crippen LogP contribution in [0.1, 0.15) is 19.4 Å². The van der Waals surface area contributed by atoms with Crippen molar-refractivity contribution < 1.29 is 0 Å². The van der Waals surface area contributed by atoms with Crippen molar-refractivity contribution in [2.24, 2.45) is 4.99 Å². The number of aliphatic imine (C=N–C) groups is 1. The second-order valence-corrected chi connectivity index (χ2v) is 6.30. The molecule has 2 N–H and O–H groups in total. The first kappa shape index (κ1) is 16.5. The highest BCUT2D eigenvalue weighted by atomic mass is 79.9. The summed E-state index contributed by atoms with van der Waals surface area (Å²) < 4.78 is 1.06. The second-order valence-electron chi connectivity index (χ2n) is 5.45. The topological polar surface area (TPSA) is 64.2 Å². The van der Waals surface area contributed by atoms with Crippen LogP contribution in [0.25, 0.3) is 11.0 Å². The standard InChI is InChI=1S/C18H19BrN4O/c1-3-23(4-2)17-8-5-12(9-14(17)19)11-20-13-6-7-15-16(10-13)22-18(24)21-15/h5-11H,3-4H2,1-2H3,(H2,21,22,24). The van der Waals surface area contributed by atoms with Gasteiger partial charge in [0.2, 0.25) is 0 Å². The van der Waals surface area contributed by atoms with E-state index in [4.69, 9.17) is 0 Å². The molecule has 5 nitrogen and oxygen atoms in total. The summed E-state index contributed by atoms with van der Waals surface area (Å²) in [5.41, 5.74) is 4.32. The van der Waals surface area contributed by atoms with Crippen LogP contribution in [0.4, 0.5) is 11.4 Å². The molecule has 0 amide bonds. The van der Waals surface area contributed by atoms with Gasteiger partial charge >= 0.3 is 5.69 Å². The molecule has 0 atom stereocenters. The predicted octanol–water partition coefficient (Wildman–Crippen LogP) is 4.22. The molecule has 6 heteroatoms. The van der Waals surface area contributed by atoms with Crippen molar-refractivity contribution in [2.45, 2.75) is 13.8 Å². The molecule has 0 spiro atoms. The Bertz CT molecular complexity index is 938. The molecule has 0 saturated carbocycles. The zero-order chi connectivity index (χ0) is 17.1. The maximum atomic E-state index is 11.3. The first-order valence-corrected chi connectivity index (χ1v) is 8.70. The minimum atomic E-state index is -0.206. The molecule has 0 fully saturated rings. The summed E-state index contributed by atoms with van der Waals surface area (Å²) >= 11 is 3.64. The molecule has 3 aromatic rings. The lowest BCUT2D eigenvalue weighted by Gasteiger charge is -2.22. The fourth-order valence-corrected chi connectivity index (χ4v) is 3.32. The van der Waals surface area contributed by atoms with E-state index in [9.17, 15) is 4.79 Å². The summed E-state index contributed by atoms with van der Waals surface area (Å²) in [4.78, 5) is 23.5. The molecule has 3 rings (SSSR count). The highest BCUT2D eigenvalue weighted by Gasteiger charge is 2.06. The van der Waals surface area contributed by atoms with Gasteiger partial charge in [-0.1, -0.05) is 6.07 Å². The maximum Gasteiger partial charge on any atom is 0.323 e. The number of H-pyrrole nitrogens is 2. The van der Waals surface area contributed by atoms with E-state index in [0.717, 1.165) is 39.8 Å². The Morgan fingerprint density at radius 1 is 1.08 bits per heavy atom. The summed E-state index contributed by atoms with van der Waals surface area (Å²) in [6, 6.07) is 11.8. The monoisotopic (exact) mass is 386 g/mol. The lowest BCUT2D eigenvalue weighted by molar-refractivity contribution is 0.864. The van der Waals surface area contributed by atoms with Gasteiger partial charge in [-0.3, -0.25) is 4.99 Å². The molecule has 0 radical (unpaired) electrons. The second kappa shape index (κ2) is 7.05. The van der Waals surface area contributed by atoms with Crippen LogP contribution in [0.2, 0.25) is 0 Å². The van der Waals surface area contributed by atoms with Crippen molar-refractivity contribution >= 4 is 44.6 Å². The van der Waals surface area contributed by atoms with Crippen molar-refractivity contribution in [3.05, 3.63) is 56.9 Å². The number of fused-ring (bicyclic) bond motifs is 1. The zero-order valence-electron chi connectivity index (χ0n) is 13.6. The fourth-order valence-electron chi connectivity index (χ4n) is 2.67. The van der Waals surface area contributed by atoms with Gasteiger partial charge in [0.15, 0.2) is 0 Å². The Balaban J connectivity index is 1.85. The van der Waals surface area contributed by atoms with E-state index in [1.165, 1.54) is 5.69 Å². The number of hydrogen-bond acceptors (Lipinski definition) is 3. The van der Waals surface area contributed by atoms with Crippen LogP contribution in [-0.4, -0.2) is 29.3 Å². The highest BCUT2D eigenvalue weighted by Crippen LogP contribution is 2.27. The molecular weight excluding hydrogens is 368 g/mol. The number of imidazole rings is 1. The van der Waals surface area contributed by atoms with Crippen LogP contribution in [-0.2, 0) is 0 Å². The number of nitrogens with zero attached hydrogens (tertiary/aromatic N) is 2. The Morgan fingerprint density at radius 2 is 1.83 bits per heavy atom. The molecule has 0 aliphatic rings. The van der Waals surface area contributed by atoms with Crippen LogP contribution in [0.3, 0.4) is 0 Å². The van der Waals surface area contributed by atoms with Crippen molar-refractivity contribution in [1.82, 2.24) is 9.97 Å². The first-order valence-electron chi connectivity index (χ1n) is 7.91. The SMILES string of the molecule is CCN(CC)c1ccc(C=Nc2ccc3[nH]c(=O)[nH]c3c2)cc1Br. The third-order valence-electron chi connectivity index (χ3n) is 3.94. The van der Waals surface area contributed by atoms with Crippen molar-refractivity contribution in [3.8, 4) is 0 Å². The Morgan fingerprint density at radius 3 is 2.54 bits per heavy atom. The van der Waals surface area contributed by atoms with Crippen molar-refractivity contribution in [3.63, 3.8) is 0 Å². The third-order valence-corrected chi connectivity index (χ3v) is 4.57. The van der Waals surface area contributed by atoms with E-state index in [1.807, 2.05) is 24.4 Å². The molecule has 124 valence electrons. The van der Waals surface area contributed by atoms with Crippen LogP contribution in [0.15, 0.2) is 50.7 Å². The van der Waals surface area contributed by atoms with Gasteiger partial charge in [-0.15, -0.1) is 0 Å². The van der Waals surface area contributed by atoms with Gasteiger partial charge in [0.05, 0.1) is 22.4 Å². The van der Waals surface area contributed by atoms with Crippen molar-refractivity contribution in [2.75, 3.05) is 18.0 Å². The van der Waals surface area contributed by atoms with E-state index in [0.29, 0.717) is 0 Å². The largest absolute Gasteiger partial charge is 0.371 e. The minimum Gasteiger partial charge on any atom is -0.371 e. The predicted molar refractivity (Wildman–Crippen MR) is 104 cm³/mol. The summed E-state index contributed by atoms with van der Waals surface area (Å²) in [5.74, 6) is 0. The van der Waals surface area contributed by atoms with Crippen LogP contribution < -0.4 is 10.6 Å². The molecule has 0 saturated heterocycles. The fraction of sp³-hybridized carbons (Fsp3) is 0.222. The minimum absolute atomic E-state index is 0.206. The smallest absolute Gasteiger partial charge is 0.323 e. The average molecular weight is 387 g/mol. The molecule has 1 aromatic heterocycles. The van der Waals surface area contributed by atoms with E-state index in [-0.39, 0.29) is 5.69 Å². The summed E-state index contributed by atoms with van der Waals surface area (Å²) in [6.45, 7) is 6.23. The number of rotatable bonds is 5. The molecule has 0 aliphatic carbocycles. The molecule has 0 unspecified atom stereocenters. The summed E-state index contributed by atoms with van der Waals surface area (Å²) in [6.07, 6.45) is 1.82. The normalized spacial score (nSPS) is 11.5. The molecule has 0 aliphatic heterocycles. The lowest BCUT2D eigenvalue weighted by Crippen LogP contribution is -2.22. The third kappa shape index (κ3) is 3.43. The van der Waals surface area contributed by atoms with Gasteiger partial charge in [-0.05, 0) is 65.7 Å². The van der Waals surface area contributed by atoms with Gasteiger partial charge in [0.25, 0.3) is 0 Å². The number of hydrogen-bond donors (Lipinski definition) is 2. The highest BCUT2D eigenvalue weighted by molar-refractivity contribution is 9.10. The molecular formula is C18H19BrN4O. The van der Waals surface area contributed by atoms with Crippen LogP contribution in [0.5, 0.6) is 0 Å². The number of nitrogens with one attached hydrogen (secondary N) is 2. The van der Waals surface area contributed by atoms with Gasteiger partial charge in [-0.2, -0.15) is 0 Å². The maximum absolute atomic E-state index is 11.3. The quantitative estimate of drug-likeness (QED) is 0.644. The van der Waals surface area contributed by atoms with E-state index < -0.39 is 0 Å². The molecule has 1 heterocycles. The summed E-state index contributed by atoms with van der Waals surface area (Å²) in [7, 11) is 0. The molecule has 0 bridgehead atoms. The average Bonchev–Trinajstić information content (AvgIpc) is 2.95. The van der Waals surface area contributed by atoms with Gasteiger partial charge in [-0.25, -0.2) is 4.79 Å². The molecule has 2 aromatic carbocycles. The van der Waals surface area contributed by atoms with Gasteiger partial charge in [0, 0.05) is 23.8 Å². The zero-order valence-corrected chi connectivity index (χ0v) is 15.2. The lowest BCUT2D eigenvalue weighted by atomic mass is 10.2. The van der Waals surface area contributed by atoms with Crippen molar-refractivity contribution in [1.29, 1.82) is 0 Å². The van der Waals surface area contributed by atoms with E-state index >= 15 is 0 Å². The summed E-state index contributed by atoms with van der Waals surface area (Å²) in [5, 5.41) is 0. The Hall–Kier alpha value is -2.34. The number of aromatic amines is 2. The number of halogens is 1.